The molecular weight excluding hydrogens is 268 g/mol. The highest BCUT2D eigenvalue weighted by Crippen LogP contribution is 2.51. The standard InChI is InChI=1S/C13H24N2O3.ClH/c1-12(2)10(6-13(12,3)18-4)15-11(17)9-5-8(16)7-14-9;/h8-10,14,16H,5-7H2,1-4H3,(H,15,17);1H. The predicted molar refractivity (Wildman–Crippen MR) is 75.4 cm³/mol. The number of rotatable bonds is 3. The fraction of sp³-hybridized carbons (Fsp3) is 0.923. The number of β-amino-alcohol motifs (C(OH)–C–C–N with tert-alkyl or cyclic N) is 1. The molecule has 0 bridgehead atoms. The lowest BCUT2D eigenvalue weighted by Crippen LogP contribution is -2.69. The topological polar surface area (TPSA) is 70.6 Å². The lowest BCUT2D eigenvalue weighted by molar-refractivity contribution is -0.182. The van der Waals surface area contributed by atoms with Crippen LogP contribution in [0.3, 0.4) is 0 Å². The monoisotopic (exact) mass is 292 g/mol. The van der Waals surface area contributed by atoms with E-state index in [-0.39, 0.29) is 41.4 Å². The molecular formula is C13H25ClN2O3. The van der Waals surface area contributed by atoms with E-state index in [0.717, 1.165) is 6.42 Å². The normalized spacial score (nSPS) is 40.2. The van der Waals surface area contributed by atoms with Crippen molar-refractivity contribution in [3.63, 3.8) is 0 Å². The quantitative estimate of drug-likeness (QED) is 0.706. The molecule has 1 aliphatic carbocycles. The van der Waals surface area contributed by atoms with Gasteiger partial charge in [0.05, 0.1) is 17.7 Å². The molecule has 1 amide bonds. The third kappa shape index (κ3) is 2.75. The van der Waals surface area contributed by atoms with Gasteiger partial charge < -0.3 is 20.5 Å². The van der Waals surface area contributed by atoms with E-state index < -0.39 is 6.10 Å². The number of carbonyl (C=O) groups excluding carboxylic acids is 1. The van der Waals surface area contributed by atoms with Crippen LogP contribution >= 0.6 is 12.4 Å². The van der Waals surface area contributed by atoms with Crippen LogP contribution in [0.1, 0.15) is 33.6 Å². The molecule has 1 aliphatic heterocycles. The van der Waals surface area contributed by atoms with Gasteiger partial charge >= 0.3 is 0 Å². The Bertz CT molecular complexity index is 351. The second-order valence-corrected chi connectivity index (χ2v) is 6.27. The first-order chi connectivity index (χ1) is 8.30. The van der Waals surface area contributed by atoms with E-state index in [1.165, 1.54) is 0 Å². The first-order valence-corrected chi connectivity index (χ1v) is 6.57. The van der Waals surface area contributed by atoms with Crippen molar-refractivity contribution in [2.75, 3.05) is 13.7 Å². The molecule has 3 N–H and O–H groups in total. The summed E-state index contributed by atoms with van der Waals surface area (Å²) in [6.45, 7) is 6.80. The Balaban J connectivity index is 0.00000180. The van der Waals surface area contributed by atoms with Gasteiger partial charge in [-0.2, -0.15) is 0 Å². The number of carbonyl (C=O) groups is 1. The molecule has 4 unspecified atom stereocenters. The third-order valence-corrected chi connectivity index (χ3v) is 5.02. The number of amides is 1. The van der Waals surface area contributed by atoms with Crippen LogP contribution in [0.4, 0.5) is 0 Å². The smallest absolute Gasteiger partial charge is 0.237 e. The summed E-state index contributed by atoms with van der Waals surface area (Å²) in [5.41, 5.74) is -0.248. The highest BCUT2D eigenvalue weighted by Gasteiger charge is 2.58. The number of halogens is 1. The fourth-order valence-corrected chi connectivity index (χ4v) is 2.91. The Morgan fingerprint density at radius 1 is 1.42 bits per heavy atom. The third-order valence-electron chi connectivity index (χ3n) is 5.02. The number of ether oxygens (including phenoxy) is 1. The number of nitrogens with one attached hydrogen (secondary N) is 2. The molecule has 6 heteroatoms. The van der Waals surface area contributed by atoms with E-state index in [0.29, 0.717) is 13.0 Å². The average Bonchev–Trinajstić information content (AvgIpc) is 2.74. The molecule has 0 aromatic rings. The largest absolute Gasteiger partial charge is 0.392 e. The maximum absolute atomic E-state index is 12.1. The van der Waals surface area contributed by atoms with Crippen LogP contribution in [0.5, 0.6) is 0 Å². The van der Waals surface area contributed by atoms with Crippen molar-refractivity contribution in [1.82, 2.24) is 10.6 Å². The Hall–Kier alpha value is -0.360. The zero-order valence-electron chi connectivity index (χ0n) is 12.0. The van der Waals surface area contributed by atoms with E-state index in [1.807, 2.05) is 0 Å². The number of methoxy groups -OCH3 is 1. The van der Waals surface area contributed by atoms with Crippen molar-refractivity contribution in [2.45, 2.75) is 57.4 Å². The summed E-state index contributed by atoms with van der Waals surface area (Å²) in [5.74, 6) is -0.0113. The Labute approximate surface area is 120 Å². The van der Waals surface area contributed by atoms with Crippen LogP contribution in [-0.2, 0) is 9.53 Å². The van der Waals surface area contributed by atoms with E-state index in [9.17, 15) is 9.90 Å². The SMILES string of the molecule is COC1(C)CC(NC(=O)C2CC(O)CN2)C1(C)C.Cl. The van der Waals surface area contributed by atoms with Crippen molar-refractivity contribution in [1.29, 1.82) is 0 Å². The van der Waals surface area contributed by atoms with Gasteiger partial charge in [0.1, 0.15) is 0 Å². The van der Waals surface area contributed by atoms with Gasteiger partial charge in [0.15, 0.2) is 0 Å². The van der Waals surface area contributed by atoms with Gasteiger partial charge in [0.25, 0.3) is 0 Å². The van der Waals surface area contributed by atoms with Crippen LogP contribution in [0.15, 0.2) is 0 Å². The fourth-order valence-electron chi connectivity index (χ4n) is 2.91. The number of hydrogen-bond acceptors (Lipinski definition) is 4. The first kappa shape index (κ1) is 16.7. The molecule has 112 valence electrons. The highest BCUT2D eigenvalue weighted by molar-refractivity contribution is 5.85. The summed E-state index contributed by atoms with van der Waals surface area (Å²) in [4.78, 5) is 12.1. The molecule has 0 aromatic heterocycles. The van der Waals surface area contributed by atoms with Gasteiger partial charge in [0.2, 0.25) is 5.91 Å². The minimum absolute atomic E-state index is 0. The summed E-state index contributed by atoms with van der Waals surface area (Å²) in [6, 6.07) is -0.125. The van der Waals surface area contributed by atoms with Gasteiger partial charge in [-0.1, -0.05) is 13.8 Å². The maximum atomic E-state index is 12.1. The second kappa shape index (κ2) is 5.56. The lowest BCUT2D eigenvalue weighted by atomic mass is 9.56. The maximum Gasteiger partial charge on any atom is 0.237 e. The summed E-state index contributed by atoms with van der Waals surface area (Å²) >= 11 is 0. The molecule has 2 rings (SSSR count). The number of hydrogen-bond donors (Lipinski definition) is 3. The number of aliphatic hydroxyl groups excluding tert-OH is 1. The summed E-state index contributed by atoms with van der Waals surface area (Å²) < 4.78 is 5.54. The molecule has 0 radical (unpaired) electrons. The predicted octanol–water partition coefficient (Wildman–Crippen LogP) is 0.451. The Morgan fingerprint density at radius 2 is 2.05 bits per heavy atom. The Morgan fingerprint density at radius 3 is 2.47 bits per heavy atom. The van der Waals surface area contributed by atoms with Gasteiger partial charge in [-0.3, -0.25) is 4.79 Å². The van der Waals surface area contributed by atoms with E-state index in [4.69, 9.17) is 4.74 Å². The zero-order valence-corrected chi connectivity index (χ0v) is 12.8. The minimum Gasteiger partial charge on any atom is -0.392 e. The average molecular weight is 293 g/mol. The molecule has 1 heterocycles. The van der Waals surface area contributed by atoms with Gasteiger partial charge in [-0.15, -0.1) is 12.4 Å². The van der Waals surface area contributed by atoms with Crippen molar-refractivity contribution in [3.8, 4) is 0 Å². The summed E-state index contributed by atoms with van der Waals surface area (Å²) in [7, 11) is 1.72. The van der Waals surface area contributed by atoms with Crippen molar-refractivity contribution in [3.05, 3.63) is 0 Å². The summed E-state index contributed by atoms with van der Waals surface area (Å²) in [6.07, 6.45) is 0.928. The zero-order chi connectivity index (χ0) is 13.6. The van der Waals surface area contributed by atoms with Crippen LogP contribution in [0.25, 0.3) is 0 Å². The van der Waals surface area contributed by atoms with Crippen LogP contribution < -0.4 is 10.6 Å². The summed E-state index contributed by atoms with van der Waals surface area (Å²) in [5, 5.41) is 15.5. The van der Waals surface area contributed by atoms with Crippen molar-refractivity contribution < 1.29 is 14.6 Å². The lowest BCUT2D eigenvalue weighted by Gasteiger charge is -2.59. The van der Waals surface area contributed by atoms with E-state index in [1.54, 1.807) is 7.11 Å². The van der Waals surface area contributed by atoms with Crippen LogP contribution in [0.2, 0.25) is 0 Å². The van der Waals surface area contributed by atoms with Gasteiger partial charge in [-0.05, 0) is 19.8 Å². The van der Waals surface area contributed by atoms with E-state index >= 15 is 0 Å². The molecule has 1 saturated carbocycles. The molecule has 2 fully saturated rings. The molecule has 4 atom stereocenters. The first-order valence-electron chi connectivity index (χ1n) is 6.57. The molecule has 1 saturated heterocycles. The highest BCUT2D eigenvalue weighted by atomic mass is 35.5. The minimum atomic E-state index is -0.403. The molecule has 2 aliphatic rings. The second-order valence-electron chi connectivity index (χ2n) is 6.27. The number of aliphatic hydroxyl groups is 1. The van der Waals surface area contributed by atoms with Gasteiger partial charge in [0, 0.05) is 25.1 Å². The van der Waals surface area contributed by atoms with Crippen molar-refractivity contribution in [2.24, 2.45) is 5.41 Å². The molecule has 19 heavy (non-hydrogen) atoms. The molecule has 5 nitrogen and oxygen atoms in total. The van der Waals surface area contributed by atoms with Gasteiger partial charge in [-0.25, -0.2) is 0 Å². The van der Waals surface area contributed by atoms with Crippen molar-refractivity contribution >= 4 is 18.3 Å². The van der Waals surface area contributed by atoms with Crippen LogP contribution in [-0.4, -0.2) is 48.5 Å². The molecule has 0 aromatic carbocycles. The van der Waals surface area contributed by atoms with Crippen LogP contribution in [0, 0.1) is 5.41 Å². The van der Waals surface area contributed by atoms with E-state index in [2.05, 4.69) is 31.4 Å². The molecule has 0 spiro atoms. The Kier molecular flexibility index (Phi) is 4.88.